The summed E-state index contributed by atoms with van der Waals surface area (Å²) in [4.78, 5) is 24.9. The standard InChI is InChI=1S/C16H24N4O4/c1-12-10-23-8-5-20(12)15-13-3-4-19(9-14(13)17-11-18-15)16(22)24-7-2-6-21/h11-12,21H,2-10H2,1H3/t12-/m0/s1. The van der Waals surface area contributed by atoms with Gasteiger partial charge in [0.25, 0.3) is 0 Å². The number of amides is 1. The number of anilines is 1. The minimum Gasteiger partial charge on any atom is -0.449 e. The largest absolute Gasteiger partial charge is 0.449 e. The van der Waals surface area contributed by atoms with Gasteiger partial charge >= 0.3 is 6.09 Å². The van der Waals surface area contributed by atoms with Crippen LogP contribution in [0.3, 0.4) is 0 Å². The molecule has 1 amide bonds. The van der Waals surface area contributed by atoms with Crippen LogP contribution in [0, 0.1) is 0 Å². The molecule has 24 heavy (non-hydrogen) atoms. The summed E-state index contributed by atoms with van der Waals surface area (Å²) in [6.45, 7) is 5.61. The molecule has 0 bridgehead atoms. The van der Waals surface area contributed by atoms with Crippen molar-refractivity contribution >= 4 is 11.9 Å². The van der Waals surface area contributed by atoms with Crippen molar-refractivity contribution in [3.8, 4) is 0 Å². The Bertz CT molecular complexity index is 583. The van der Waals surface area contributed by atoms with Gasteiger partial charge in [0, 0.05) is 31.7 Å². The summed E-state index contributed by atoms with van der Waals surface area (Å²) in [5, 5.41) is 8.76. The molecule has 8 heteroatoms. The molecule has 0 radical (unpaired) electrons. The van der Waals surface area contributed by atoms with Crippen LogP contribution >= 0.6 is 0 Å². The molecule has 1 N–H and O–H groups in total. The van der Waals surface area contributed by atoms with Crippen LogP contribution in [-0.2, 0) is 22.4 Å². The zero-order valence-corrected chi connectivity index (χ0v) is 14.0. The lowest BCUT2D eigenvalue weighted by Gasteiger charge is -2.37. The summed E-state index contributed by atoms with van der Waals surface area (Å²) >= 11 is 0. The van der Waals surface area contributed by atoms with E-state index in [2.05, 4.69) is 21.8 Å². The van der Waals surface area contributed by atoms with Crippen molar-refractivity contribution in [3.63, 3.8) is 0 Å². The Kier molecular flexibility index (Phi) is 5.47. The highest BCUT2D eigenvalue weighted by Gasteiger charge is 2.29. The molecule has 2 aliphatic rings. The van der Waals surface area contributed by atoms with Crippen molar-refractivity contribution in [3.05, 3.63) is 17.6 Å². The van der Waals surface area contributed by atoms with Crippen molar-refractivity contribution in [1.29, 1.82) is 0 Å². The number of morpholine rings is 1. The molecule has 0 spiro atoms. The number of hydrogen-bond acceptors (Lipinski definition) is 7. The van der Waals surface area contributed by atoms with Crippen LogP contribution < -0.4 is 4.90 Å². The van der Waals surface area contributed by atoms with Crippen molar-refractivity contribution in [1.82, 2.24) is 14.9 Å². The van der Waals surface area contributed by atoms with E-state index >= 15 is 0 Å². The van der Waals surface area contributed by atoms with Gasteiger partial charge in [-0.15, -0.1) is 0 Å². The van der Waals surface area contributed by atoms with E-state index in [0.29, 0.717) is 39.1 Å². The van der Waals surface area contributed by atoms with Crippen LogP contribution in [0.15, 0.2) is 6.33 Å². The molecule has 0 aromatic carbocycles. The van der Waals surface area contributed by atoms with Crippen LogP contribution in [0.2, 0.25) is 0 Å². The van der Waals surface area contributed by atoms with E-state index in [9.17, 15) is 4.79 Å². The molecule has 0 aliphatic carbocycles. The molecule has 132 valence electrons. The summed E-state index contributed by atoms with van der Waals surface area (Å²) < 4.78 is 10.7. The maximum absolute atomic E-state index is 12.1. The normalized spacial score (nSPS) is 20.7. The summed E-state index contributed by atoms with van der Waals surface area (Å²) in [6, 6.07) is 0.277. The SMILES string of the molecule is C[C@H]1COCCN1c1ncnc2c1CCN(C(=O)OCCCO)C2. The van der Waals surface area contributed by atoms with Crippen LogP contribution in [-0.4, -0.2) is 71.6 Å². The fourth-order valence-electron chi connectivity index (χ4n) is 3.10. The fraction of sp³-hybridized carbons (Fsp3) is 0.688. The van der Waals surface area contributed by atoms with E-state index in [1.807, 2.05) is 0 Å². The monoisotopic (exact) mass is 336 g/mol. The number of rotatable bonds is 4. The Hall–Kier alpha value is -1.93. The molecular formula is C16H24N4O4. The molecular weight excluding hydrogens is 312 g/mol. The van der Waals surface area contributed by atoms with Gasteiger partial charge < -0.3 is 24.4 Å². The fourth-order valence-corrected chi connectivity index (χ4v) is 3.10. The number of aliphatic hydroxyl groups excluding tert-OH is 1. The Balaban J connectivity index is 1.71. The highest BCUT2D eigenvalue weighted by Crippen LogP contribution is 2.27. The number of nitrogens with zero attached hydrogens (tertiary/aromatic N) is 4. The van der Waals surface area contributed by atoms with Crippen LogP contribution in [0.25, 0.3) is 0 Å². The van der Waals surface area contributed by atoms with Gasteiger partial charge in [-0.3, -0.25) is 0 Å². The van der Waals surface area contributed by atoms with E-state index in [0.717, 1.165) is 23.6 Å². The first-order chi connectivity index (χ1) is 11.7. The number of aliphatic hydroxyl groups is 1. The third kappa shape index (κ3) is 3.59. The topological polar surface area (TPSA) is 88.0 Å². The van der Waals surface area contributed by atoms with Crippen molar-refractivity contribution in [2.45, 2.75) is 32.4 Å². The average molecular weight is 336 g/mol. The minimum atomic E-state index is -0.353. The first-order valence-corrected chi connectivity index (χ1v) is 8.40. The highest BCUT2D eigenvalue weighted by molar-refractivity contribution is 5.68. The maximum atomic E-state index is 12.1. The average Bonchev–Trinajstić information content (AvgIpc) is 2.61. The molecule has 1 aromatic heterocycles. The maximum Gasteiger partial charge on any atom is 0.410 e. The molecule has 3 rings (SSSR count). The van der Waals surface area contributed by atoms with Gasteiger partial charge in [-0.1, -0.05) is 0 Å². The summed E-state index contributed by atoms with van der Waals surface area (Å²) in [7, 11) is 0. The lowest BCUT2D eigenvalue weighted by Crippen LogP contribution is -2.45. The van der Waals surface area contributed by atoms with Crippen LogP contribution in [0.1, 0.15) is 24.6 Å². The molecule has 3 heterocycles. The van der Waals surface area contributed by atoms with Crippen LogP contribution in [0.5, 0.6) is 0 Å². The minimum absolute atomic E-state index is 0.0183. The molecule has 0 unspecified atom stereocenters. The van der Waals surface area contributed by atoms with Crippen LogP contribution in [0.4, 0.5) is 10.6 Å². The van der Waals surface area contributed by atoms with Gasteiger partial charge in [0.05, 0.1) is 38.1 Å². The predicted molar refractivity (Wildman–Crippen MR) is 86.8 cm³/mol. The van der Waals surface area contributed by atoms with E-state index in [4.69, 9.17) is 14.6 Å². The molecule has 1 saturated heterocycles. The Labute approximate surface area is 141 Å². The Morgan fingerprint density at radius 2 is 2.33 bits per heavy atom. The van der Waals surface area contributed by atoms with Crippen molar-refractivity contribution in [2.24, 2.45) is 0 Å². The number of carbonyl (C=O) groups excluding carboxylic acids is 1. The third-order valence-electron chi connectivity index (χ3n) is 4.41. The zero-order chi connectivity index (χ0) is 16.9. The number of carbonyl (C=O) groups is 1. The first kappa shape index (κ1) is 16.9. The number of ether oxygens (including phenoxy) is 2. The second-order valence-corrected chi connectivity index (χ2v) is 6.10. The molecule has 2 aliphatic heterocycles. The van der Waals surface area contributed by atoms with Crippen molar-refractivity contribution < 1.29 is 19.4 Å². The lowest BCUT2D eigenvalue weighted by molar-refractivity contribution is 0.0906. The second kappa shape index (κ2) is 7.76. The molecule has 0 saturated carbocycles. The second-order valence-electron chi connectivity index (χ2n) is 6.10. The quantitative estimate of drug-likeness (QED) is 0.805. The number of fused-ring (bicyclic) bond motifs is 1. The van der Waals surface area contributed by atoms with E-state index in [-0.39, 0.29) is 25.3 Å². The van der Waals surface area contributed by atoms with Gasteiger partial charge in [0.15, 0.2) is 0 Å². The number of hydrogen-bond donors (Lipinski definition) is 1. The molecule has 1 aromatic rings. The molecule has 1 fully saturated rings. The highest BCUT2D eigenvalue weighted by atomic mass is 16.6. The summed E-state index contributed by atoms with van der Waals surface area (Å²) in [5.74, 6) is 0.962. The molecule has 8 nitrogen and oxygen atoms in total. The Morgan fingerprint density at radius 1 is 1.46 bits per heavy atom. The van der Waals surface area contributed by atoms with Gasteiger partial charge in [-0.25, -0.2) is 14.8 Å². The van der Waals surface area contributed by atoms with Gasteiger partial charge in [0.2, 0.25) is 0 Å². The van der Waals surface area contributed by atoms with E-state index in [1.165, 1.54) is 0 Å². The van der Waals surface area contributed by atoms with E-state index in [1.54, 1.807) is 11.2 Å². The Morgan fingerprint density at radius 3 is 3.12 bits per heavy atom. The van der Waals surface area contributed by atoms with E-state index < -0.39 is 0 Å². The predicted octanol–water partition coefficient (Wildman–Crippen LogP) is 0.579. The van der Waals surface area contributed by atoms with Gasteiger partial charge in [-0.2, -0.15) is 0 Å². The van der Waals surface area contributed by atoms with Gasteiger partial charge in [-0.05, 0) is 13.3 Å². The first-order valence-electron chi connectivity index (χ1n) is 8.40. The smallest absolute Gasteiger partial charge is 0.410 e. The summed E-state index contributed by atoms with van der Waals surface area (Å²) in [6.07, 6.45) is 2.38. The summed E-state index contributed by atoms with van der Waals surface area (Å²) in [5.41, 5.74) is 2.00. The number of aromatic nitrogens is 2. The van der Waals surface area contributed by atoms with Crippen molar-refractivity contribution in [2.75, 3.05) is 44.4 Å². The third-order valence-corrected chi connectivity index (χ3v) is 4.41. The lowest BCUT2D eigenvalue weighted by atomic mass is 10.0. The van der Waals surface area contributed by atoms with Gasteiger partial charge in [0.1, 0.15) is 12.1 Å². The zero-order valence-electron chi connectivity index (χ0n) is 14.0. The molecule has 1 atom stereocenters.